The molecule has 1 aliphatic carbocycles. The molecule has 0 aromatic carbocycles. The fourth-order valence-electron chi connectivity index (χ4n) is 1.42. The van der Waals surface area contributed by atoms with Crippen molar-refractivity contribution < 1.29 is 0 Å². The summed E-state index contributed by atoms with van der Waals surface area (Å²) in [6.07, 6.45) is 7.22. The van der Waals surface area contributed by atoms with E-state index < -0.39 is 0 Å². The van der Waals surface area contributed by atoms with Crippen LogP contribution in [0, 0.1) is 11.8 Å². The second kappa shape index (κ2) is 3.97. The quantitative estimate of drug-likeness (QED) is 0.638. The van der Waals surface area contributed by atoms with E-state index >= 15 is 0 Å². The summed E-state index contributed by atoms with van der Waals surface area (Å²) < 4.78 is 0. The average Bonchev–Trinajstić information content (AvgIpc) is 1.84. The Morgan fingerprint density at radius 2 is 2.20 bits per heavy atom. The minimum Gasteiger partial charge on any atom is -0.330 e. The van der Waals surface area contributed by atoms with Gasteiger partial charge in [-0.15, -0.1) is 0 Å². The Labute approximate surface area is 64.0 Å². The molecule has 2 N–H and O–H groups in total. The molecule has 0 bridgehead atoms. The first-order valence-electron chi connectivity index (χ1n) is 4.53. The van der Waals surface area contributed by atoms with Gasteiger partial charge in [-0.05, 0) is 24.8 Å². The van der Waals surface area contributed by atoms with Crippen molar-refractivity contribution in [2.24, 2.45) is 17.6 Å². The van der Waals surface area contributed by atoms with Crippen LogP contribution in [0.3, 0.4) is 0 Å². The highest BCUT2D eigenvalue weighted by atomic mass is 14.5. The molecule has 10 heavy (non-hydrogen) atoms. The second-order valence-electron chi connectivity index (χ2n) is 3.72. The predicted molar refractivity (Wildman–Crippen MR) is 44.8 cm³/mol. The molecular weight excluding hydrogens is 122 g/mol. The lowest BCUT2D eigenvalue weighted by Gasteiger charge is -2.26. The summed E-state index contributed by atoms with van der Waals surface area (Å²) in [6.45, 7) is 3.12. The van der Waals surface area contributed by atoms with Gasteiger partial charge in [-0.3, -0.25) is 0 Å². The first kappa shape index (κ1) is 8.06. The Morgan fingerprint density at radius 1 is 1.50 bits per heavy atom. The van der Waals surface area contributed by atoms with E-state index in [1.807, 2.05) is 0 Å². The van der Waals surface area contributed by atoms with E-state index in [4.69, 9.17) is 5.73 Å². The Hall–Kier alpha value is -0.0400. The molecule has 0 radical (unpaired) electrons. The minimum atomic E-state index is 0.751. The van der Waals surface area contributed by atoms with E-state index in [9.17, 15) is 0 Å². The van der Waals surface area contributed by atoms with Gasteiger partial charge in [0.15, 0.2) is 0 Å². The van der Waals surface area contributed by atoms with Crippen LogP contribution < -0.4 is 5.73 Å². The summed E-state index contributed by atoms with van der Waals surface area (Å²) in [6, 6.07) is 0. The van der Waals surface area contributed by atoms with Gasteiger partial charge in [-0.2, -0.15) is 0 Å². The number of hydrogen-bond donors (Lipinski definition) is 1. The van der Waals surface area contributed by atoms with Crippen LogP contribution in [0.15, 0.2) is 0 Å². The van der Waals surface area contributed by atoms with Crippen LogP contribution in [0.1, 0.15) is 39.0 Å². The molecule has 0 spiro atoms. The molecule has 0 amide bonds. The zero-order chi connectivity index (χ0) is 7.40. The lowest BCUT2D eigenvalue weighted by Crippen LogP contribution is -2.15. The topological polar surface area (TPSA) is 26.0 Å². The van der Waals surface area contributed by atoms with Gasteiger partial charge in [0.25, 0.3) is 0 Å². The van der Waals surface area contributed by atoms with Gasteiger partial charge in [0.1, 0.15) is 0 Å². The third kappa shape index (κ3) is 2.30. The van der Waals surface area contributed by atoms with E-state index in [0.29, 0.717) is 0 Å². The molecule has 60 valence electrons. The van der Waals surface area contributed by atoms with Crippen molar-refractivity contribution in [2.75, 3.05) is 6.54 Å². The number of hydrogen-bond acceptors (Lipinski definition) is 1. The first-order valence-corrected chi connectivity index (χ1v) is 4.53. The first-order chi connectivity index (χ1) is 4.83. The summed E-state index contributed by atoms with van der Waals surface area (Å²) in [7, 11) is 0. The summed E-state index contributed by atoms with van der Waals surface area (Å²) >= 11 is 0. The van der Waals surface area contributed by atoms with Crippen molar-refractivity contribution in [3.63, 3.8) is 0 Å². The summed E-state index contributed by atoms with van der Waals surface area (Å²) in [5.74, 6) is 1.81. The zero-order valence-corrected chi connectivity index (χ0v) is 6.97. The predicted octanol–water partition coefficient (Wildman–Crippen LogP) is 2.16. The molecule has 1 heteroatoms. The van der Waals surface area contributed by atoms with Crippen LogP contribution >= 0.6 is 0 Å². The highest BCUT2D eigenvalue weighted by Gasteiger charge is 2.17. The third-order valence-corrected chi connectivity index (χ3v) is 2.69. The fourth-order valence-corrected chi connectivity index (χ4v) is 1.42. The van der Waals surface area contributed by atoms with Crippen molar-refractivity contribution in [2.45, 2.75) is 39.0 Å². The molecule has 0 aromatic heterocycles. The van der Waals surface area contributed by atoms with Gasteiger partial charge < -0.3 is 5.73 Å². The summed E-state index contributed by atoms with van der Waals surface area (Å²) in [4.78, 5) is 0. The van der Waals surface area contributed by atoms with E-state index in [1.165, 1.54) is 32.1 Å². The third-order valence-electron chi connectivity index (χ3n) is 2.69. The van der Waals surface area contributed by atoms with Crippen molar-refractivity contribution >= 4 is 0 Å². The lowest BCUT2D eigenvalue weighted by molar-refractivity contribution is 0.274. The van der Waals surface area contributed by atoms with E-state index in [1.54, 1.807) is 0 Å². The molecule has 1 fully saturated rings. The maximum atomic E-state index is 5.52. The van der Waals surface area contributed by atoms with E-state index in [-0.39, 0.29) is 0 Å². The smallest absolute Gasteiger partial charge is 0.00515 e. The van der Waals surface area contributed by atoms with Gasteiger partial charge in [0.05, 0.1) is 0 Å². The van der Waals surface area contributed by atoms with Crippen LogP contribution in [-0.2, 0) is 0 Å². The fraction of sp³-hybridized carbons (Fsp3) is 1.00. The molecule has 0 saturated heterocycles. The molecule has 1 aliphatic rings. The summed E-state index contributed by atoms with van der Waals surface area (Å²) in [5.41, 5.74) is 5.52. The van der Waals surface area contributed by atoms with Crippen molar-refractivity contribution in [1.82, 2.24) is 0 Å². The minimum absolute atomic E-state index is 0.751. The standard InChI is InChI=1S/C9H19N/c1-8(7-10)5-6-9-3-2-4-9/h8-9H,2-7,10H2,1H3. The molecule has 1 atom stereocenters. The van der Waals surface area contributed by atoms with E-state index in [0.717, 1.165) is 18.4 Å². The Morgan fingerprint density at radius 3 is 2.60 bits per heavy atom. The molecule has 0 aromatic rings. The van der Waals surface area contributed by atoms with Crippen LogP contribution in [0.25, 0.3) is 0 Å². The normalized spacial score (nSPS) is 22.2. The molecule has 0 heterocycles. The molecule has 1 nitrogen and oxygen atoms in total. The van der Waals surface area contributed by atoms with Crippen LogP contribution in [0.2, 0.25) is 0 Å². The van der Waals surface area contributed by atoms with Crippen LogP contribution in [0.4, 0.5) is 0 Å². The van der Waals surface area contributed by atoms with Crippen LogP contribution in [0.5, 0.6) is 0 Å². The molecule has 1 saturated carbocycles. The van der Waals surface area contributed by atoms with Crippen LogP contribution in [-0.4, -0.2) is 6.54 Å². The molecule has 1 unspecified atom stereocenters. The Balaban J connectivity index is 1.93. The monoisotopic (exact) mass is 141 g/mol. The lowest BCUT2D eigenvalue weighted by atomic mass is 9.81. The largest absolute Gasteiger partial charge is 0.330 e. The van der Waals surface area contributed by atoms with E-state index in [2.05, 4.69) is 6.92 Å². The highest BCUT2D eigenvalue weighted by molar-refractivity contribution is 4.70. The van der Waals surface area contributed by atoms with Gasteiger partial charge in [-0.25, -0.2) is 0 Å². The maximum absolute atomic E-state index is 5.52. The second-order valence-corrected chi connectivity index (χ2v) is 3.72. The zero-order valence-electron chi connectivity index (χ0n) is 6.97. The van der Waals surface area contributed by atoms with Crippen molar-refractivity contribution in [3.05, 3.63) is 0 Å². The number of rotatable bonds is 4. The van der Waals surface area contributed by atoms with Crippen molar-refractivity contribution in [1.29, 1.82) is 0 Å². The van der Waals surface area contributed by atoms with Gasteiger partial charge >= 0.3 is 0 Å². The Bertz CT molecular complexity index is 82.0. The van der Waals surface area contributed by atoms with Gasteiger partial charge in [0, 0.05) is 0 Å². The number of nitrogens with two attached hydrogens (primary N) is 1. The molecule has 0 aliphatic heterocycles. The molecule has 1 rings (SSSR count). The summed E-state index contributed by atoms with van der Waals surface area (Å²) in [5, 5.41) is 0. The SMILES string of the molecule is CC(CN)CCC1CCC1. The average molecular weight is 141 g/mol. The molecular formula is C9H19N. The van der Waals surface area contributed by atoms with Crippen molar-refractivity contribution in [3.8, 4) is 0 Å². The van der Waals surface area contributed by atoms with Gasteiger partial charge in [0.2, 0.25) is 0 Å². The van der Waals surface area contributed by atoms with Gasteiger partial charge in [-0.1, -0.05) is 32.6 Å². The highest BCUT2D eigenvalue weighted by Crippen LogP contribution is 2.31. The maximum Gasteiger partial charge on any atom is -0.00515 e. The Kier molecular flexibility index (Phi) is 3.20.